The van der Waals surface area contributed by atoms with E-state index in [0.29, 0.717) is 0 Å². The highest BCUT2D eigenvalue weighted by Crippen LogP contribution is 2.21. The molecule has 0 bridgehead atoms. The van der Waals surface area contributed by atoms with Crippen molar-refractivity contribution in [2.45, 2.75) is 12.8 Å². The summed E-state index contributed by atoms with van der Waals surface area (Å²) in [6.07, 6.45) is 4.66. The smallest absolute Gasteiger partial charge is 0.119 e. The van der Waals surface area contributed by atoms with E-state index in [-0.39, 0.29) is 0 Å². The molecule has 0 aromatic heterocycles. The first-order valence-electron chi connectivity index (χ1n) is 4.41. The molecule has 2 heteroatoms. The summed E-state index contributed by atoms with van der Waals surface area (Å²) >= 11 is 3.38. The van der Waals surface area contributed by atoms with Crippen molar-refractivity contribution in [3.05, 3.63) is 40.4 Å². The Morgan fingerprint density at radius 2 is 1.92 bits per heavy atom. The SMILES string of the molecule is Brc1ccc(OCC2=CCC2)cc1. The minimum atomic E-state index is 0.752. The van der Waals surface area contributed by atoms with Gasteiger partial charge >= 0.3 is 0 Å². The predicted octanol–water partition coefficient (Wildman–Crippen LogP) is 3.55. The van der Waals surface area contributed by atoms with Gasteiger partial charge in [-0.05, 0) is 42.7 Å². The van der Waals surface area contributed by atoms with E-state index in [1.165, 1.54) is 18.4 Å². The normalized spacial score (nSPS) is 14.7. The lowest BCUT2D eigenvalue weighted by Gasteiger charge is -2.14. The quantitative estimate of drug-likeness (QED) is 0.733. The second-order valence-electron chi connectivity index (χ2n) is 3.14. The highest BCUT2D eigenvalue weighted by atomic mass is 79.9. The first-order chi connectivity index (χ1) is 6.34. The monoisotopic (exact) mass is 238 g/mol. The van der Waals surface area contributed by atoms with Gasteiger partial charge in [0, 0.05) is 4.47 Å². The molecule has 13 heavy (non-hydrogen) atoms. The van der Waals surface area contributed by atoms with Gasteiger partial charge in [-0.3, -0.25) is 0 Å². The Labute approximate surface area is 86.5 Å². The van der Waals surface area contributed by atoms with E-state index in [1.54, 1.807) is 0 Å². The molecule has 0 N–H and O–H groups in total. The first-order valence-corrected chi connectivity index (χ1v) is 5.20. The highest BCUT2D eigenvalue weighted by molar-refractivity contribution is 9.10. The van der Waals surface area contributed by atoms with E-state index < -0.39 is 0 Å². The molecule has 0 saturated carbocycles. The van der Waals surface area contributed by atoms with Crippen LogP contribution in [-0.4, -0.2) is 6.61 Å². The van der Waals surface area contributed by atoms with Gasteiger partial charge in [-0.15, -0.1) is 0 Å². The lowest BCUT2D eigenvalue weighted by Crippen LogP contribution is -2.05. The van der Waals surface area contributed by atoms with Crippen molar-refractivity contribution in [3.8, 4) is 5.75 Å². The topological polar surface area (TPSA) is 9.23 Å². The zero-order chi connectivity index (χ0) is 9.10. The largest absolute Gasteiger partial charge is 0.489 e. The van der Waals surface area contributed by atoms with E-state index >= 15 is 0 Å². The Kier molecular flexibility index (Phi) is 2.69. The second kappa shape index (κ2) is 3.97. The first kappa shape index (κ1) is 8.82. The molecule has 0 spiro atoms. The number of hydrogen-bond acceptors (Lipinski definition) is 1. The summed E-state index contributed by atoms with van der Waals surface area (Å²) in [5.41, 5.74) is 1.42. The van der Waals surface area contributed by atoms with Gasteiger partial charge in [0.15, 0.2) is 0 Å². The van der Waals surface area contributed by atoms with Crippen LogP contribution in [0.3, 0.4) is 0 Å². The van der Waals surface area contributed by atoms with Crippen molar-refractivity contribution in [3.63, 3.8) is 0 Å². The van der Waals surface area contributed by atoms with Crippen molar-refractivity contribution in [1.29, 1.82) is 0 Å². The van der Waals surface area contributed by atoms with Gasteiger partial charge in [0.2, 0.25) is 0 Å². The van der Waals surface area contributed by atoms with Crippen molar-refractivity contribution < 1.29 is 4.74 Å². The van der Waals surface area contributed by atoms with E-state index in [2.05, 4.69) is 22.0 Å². The molecule has 0 atom stereocenters. The number of allylic oxidation sites excluding steroid dienone is 1. The van der Waals surface area contributed by atoms with E-state index in [9.17, 15) is 0 Å². The van der Waals surface area contributed by atoms with Gasteiger partial charge in [-0.2, -0.15) is 0 Å². The maximum absolute atomic E-state index is 5.58. The lowest BCUT2D eigenvalue weighted by molar-refractivity contribution is 0.342. The van der Waals surface area contributed by atoms with Gasteiger partial charge in [0.25, 0.3) is 0 Å². The van der Waals surface area contributed by atoms with Crippen LogP contribution in [0.4, 0.5) is 0 Å². The summed E-state index contributed by atoms with van der Waals surface area (Å²) in [6.45, 7) is 0.752. The molecule has 1 aromatic carbocycles. The van der Waals surface area contributed by atoms with Crippen molar-refractivity contribution in [2.24, 2.45) is 0 Å². The minimum Gasteiger partial charge on any atom is -0.489 e. The fraction of sp³-hybridized carbons (Fsp3) is 0.273. The molecule has 1 nitrogen and oxygen atoms in total. The van der Waals surface area contributed by atoms with Crippen LogP contribution in [0.1, 0.15) is 12.8 Å². The van der Waals surface area contributed by atoms with E-state index in [1.807, 2.05) is 24.3 Å². The number of rotatable bonds is 3. The molecule has 0 fully saturated rings. The zero-order valence-corrected chi connectivity index (χ0v) is 8.88. The molecular weight excluding hydrogens is 228 g/mol. The molecule has 0 radical (unpaired) electrons. The number of halogens is 1. The lowest BCUT2D eigenvalue weighted by atomic mass is 10.0. The van der Waals surface area contributed by atoms with Gasteiger partial charge in [-0.25, -0.2) is 0 Å². The van der Waals surface area contributed by atoms with Crippen LogP contribution in [-0.2, 0) is 0 Å². The standard InChI is InChI=1S/C11H11BrO/c12-10-4-6-11(7-5-10)13-8-9-2-1-3-9/h2,4-7H,1,3,8H2. The van der Waals surface area contributed by atoms with Crippen LogP contribution in [0.5, 0.6) is 5.75 Å². The van der Waals surface area contributed by atoms with Crippen LogP contribution in [0, 0.1) is 0 Å². The van der Waals surface area contributed by atoms with Crippen LogP contribution in [0.25, 0.3) is 0 Å². The van der Waals surface area contributed by atoms with Gasteiger partial charge in [0.05, 0.1) is 0 Å². The summed E-state index contributed by atoms with van der Waals surface area (Å²) in [7, 11) is 0. The van der Waals surface area contributed by atoms with Crippen LogP contribution in [0.15, 0.2) is 40.4 Å². The molecule has 0 amide bonds. The molecule has 1 aromatic rings. The van der Waals surface area contributed by atoms with Gasteiger partial charge in [0.1, 0.15) is 12.4 Å². The predicted molar refractivity (Wildman–Crippen MR) is 57.0 cm³/mol. The molecule has 0 saturated heterocycles. The Balaban J connectivity index is 1.90. The maximum atomic E-state index is 5.58. The average molecular weight is 239 g/mol. The molecule has 0 unspecified atom stereocenters. The summed E-state index contributed by atoms with van der Waals surface area (Å²) in [5, 5.41) is 0. The van der Waals surface area contributed by atoms with E-state index in [4.69, 9.17) is 4.74 Å². The van der Waals surface area contributed by atoms with E-state index in [0.717, 1.165) is 16.8 Å². The van der Waals surface area contributed by atoms with Crippen LogP contribution in [0.2, 0.25) is 0 Å². The summed E-state index contributed by atoms with van der Waals surface area (Å²) < 4.78 is 6.66. The second-order valence-corrected chi connectivity index (χ2v) is 4.06. The van der Waals surface area contributed by atoms with Crippen molar-refractivity contribution in [1.82, 2.24) is 0 Å². The number of ether oxygens (including phenoxy) is 1. The average Bonchev–Trinajstić information content (AvgIpc) is 2.05. The third kappa shape index (κ3) is 2.34. The molecular formula is C11H11BrO. The number of hydrogen-bond donors (Lipinski definition) is 0. The van der Waals surface area contributed by atoms with Crippen LogP contribution < -0.4 is 4.74 Å². The summed E-state index contributed by atoms with van der Waals surface area (Å²) in [4.78, 5) is 0. The third-order valence-corrected chi connectivity index (χ3v) is 2.66. The summed E-state index contributed by atoms with van der Waals surface area (Å²) in [6, 6.07) is 7.93. The third-order valence-electron chi connectivity index (χ3n) is 2.14. The minimum absolute atomic E-state index is 0.752. The van der Waals surface area contributed by atoms with Gasteiger partial charge < -0.3 is 4.74 Å². The molecule has 0 aliphatic heterocycles. The van der Waals surface area contributed by atoms with Crippen molar-refractivity contribution >= 4 is 15.9 Å². The van der Waals surface area contributed by atoms with Gasteiger partial charge in [-0.1, -0.05) is 22.0 Å². The Morgan fingerprint density at radius 3 is 2.46 bits per heavy atom. The molecule has 0 heterocycles. The van der Waals surface area contributed by atoms with Crippen LogP contribution >= 0.6 is 15.9 Å². The molecule has 68 valence electrons. The fourth-order valence-electron chi connectivity index (χ4n) is 1.19. The Hall–Kier alpha value is -0.760. The fourth-order valence-corrected chi connectivity index (χ4v) is 1.45. The Bertz CT molecular complexity index is 313. The Morgan fingerprint density at radius 1 is 1.23 bits per heavy atom. The van der Waals surface area contributed by atoms with Crippen molar-refractivity contribution in [2.75, 3.05) is 6.61 Å². The summed E-state index contributed by atoms with van der Waals surface area (Å²) in [5.74, 6) is 0.941. The zero-order valence-electron chi connectivity index (χ0n) is 7.29. The maximum Gasteiger partial charge on any atom is 0.119 e. The number of benzene rings is 1. The molecule has 1 aliphatic carbocycles. The molecule has 1 aliphatic rings. The highest BCUT2D eigenvalue weighted by Gasteiger charge is 2.05. The molecule has 2 rings (SSSR count).